The number of ether oxygens (including phenoxy) is 1. The summed E-state index contributed by atoms with van der Waals surface area (Å²) in [7, 11) is 0. The van der Waals surface area contributed by atoms with E-state index < -0.39 is 17.6 Å². The summed E-state index contributed by atoms with van der Waals surface area (Å²) in [5.41, 5.74) is 0.221. The number of rotatable bonds is 9. The number of hydrogen-bond donors (Lipinski definition) is 3. The minimum Gasteiger partial charge on any atom is -0.444 e. The number of carbonyl (C=O) groups is 5. The second-order valence-corrected chi connectivity index (χ2v) is 8.97. The first-order valence-corrected chi connectivity index (χ1v) is 10.9. The van der Waals surface area contributed by atoms with Crippen LogP contribution in [0.25, 0.3) is 0 Å². The van der Waals surface area contributed by atoms with Gasteiger partial charge in [-0.05, 0) is 59.2 Å². The normalized spacial score (nSPS) is 13.1. The number of nitrogens with one attached hydrogen (secondary N) is 3. The van der Waals surface area contributed by atoms with Crippen LogP contribution in [0.15, 0.2) is 18.2 Å². The molecule has 10 nitrogen and oxygen atoms in total. The van der Waals surface area contributed by atoms with Crippen LogP contribution in [0.1, 0.15) is 78.5 Å². The molecule has 1 aromatic rings. The largest absolute Gasteiger partial charge is 0.444 e. The predicted molar refractivity (Wildman–Crippen MR) is 121 cm³/mol. The number of amides is 5. The highest BCUT2D eigenvalue weighted by atomic mass is 16.6. The van der Waals surface area contributed by atoms with Crippen molar-refractivity contribution < 1.29 is 28.7 Å². The third-order valence-corrected chi connectivity index (χ3v) is 4.68. The van der Waals surface area contributed by atoms with E-state index in [1.165, 1.54) is 23.1 Å². The van der Waals surface area contributed by atoms with Gasteiger partial charge in [0.15, 0.2) is 0 Å². The Morgan fingerprint density at radius 3 is 2.21 bits per heavy atom. The lowest BCUT2D eigenvalue weighted by atomic mass is 10.1. The zero-order valence-corrected chi connectivity index (χ0v) is 19.7. The van der Waals surface area contributed by atoms with Gasteiger partial charge >= 0.3 is 6.09 Å². The molecule has 33 heavy (non-hydrogen) atoms. The fraction of sp³-hybridized carbons (Fsp3) is 0.522. The van der Waals surface area contributed by atoms with Crippen LogP contribution in [0.2, 0.25) is 0 Å². The Morgan fingerprint density at radius 1 is 0.939 bits per heavy atom. The van der Waals surface area contributed by atoms with Gasteiger partial charge in [0.1, 0.15) is 5.60 Å². The van der Waals surface area contributed by atoms with Crippen molar-refractivity contribution in [3.05, 3.63) is 34.9 Å². The minimum absolute atomic E-state index is 0.112. The number of carbonyl (C=O) groups excluding carboxylic acids is 5. The highest BCUT2D eigenvalue weighted by Crippen LogP contribution is 2.25. The molecular formula is C23H32N4O6. The maximum atomic E-state index is 12.5. The first kappa shape index (κ1) is 25.8. The first-order chi connectivity index (χ1) is 15.4. The van der Waals surface area contributed by atoms with Crippen molar-refractivity contribution >= 4 is 29.7 Å². The molecule has 0 aromatic heterocycles. The zero-order chi connectivity index (χ0) is 24.8. The van der Waals surface area contributed by atoms with Crippen molar-refractivity contribution in [3.63, 3.8) is 0 Å². The monoisotopic (exact) mass is 460 g/mol. The van der Waals surface area contributed by atoms with Crippen LogP contribution in [-0.4, -0.2) is 65.9 Å². The van der Waals surface area contributed by atoms with Crippen LogP contribution in [0, 0.1) is 0 Å². The molecule has 0 bridgehead atoms. The molecule has 5 amide bonds. The summed E-state index contributed by atoms with van der Waals surface area (Å²) in [6.45, 7) is 9.60. The molecule has 0 fully saturated rings. The Bertz CT molecular complexity index is 935. The summed E-state index contributed by atoms with van der Waals surface area (Å²) in [4.78, 5) is 61.7. The number of nitrogens with zero attached hydrogens (tertiary/aromatic N) is 1. The molecule has 0 saturated heterocycles. The van der Waals surface area contributed by atoms with Gasteiger partial charge < -0.3 is 20.7 Å². The highest BCUT2D eigenvalue weighted by molar-refractivity contribution is 6.22. The minimum atomic E-state index is -0.599. The van der Waals surface area contributed by atoms with E-state index in [0.717, 1.165) is 0 Å². The molecule has 1 heterocycles. The smallest absolute Gasteiger partial charge is 0.407 e. The second kappa shape index (κ2) is 10.9. The molecule has 0 saturated carbocycles. The molecule has 0 radical (unpaired) electrons. The lowest BCUT2D eigenvalue weighted by molar-refractivity contribution is -0.120. The Kier molecular flexibility index (Phi) is 8.56. The van der Waals surface area contributed by atoms with Crippen LogP contribution < -0.4 is 16.0 Å². The molecule has 0 aliphatic carbocycles. The molecule has 10 heteroatoms. The maximum Gasteiger partial charge on any atom is 0.407 e. The molecule has 0 spiro atoms. The number of alkyl carbamates (subject to hydrolysis) is 1. The van der Waals surface area contributed by atoms with E-state index in [1.54, 1.807) is 34.6 Å². The first-order valence-electron chi connectivity index (χ1n) is 10.9. The van der Waals surface area contributed by atoms with Gasteiger partial charge in [0.2, 0.25) is 5.91 Å². The van der Waals surface area contributed by atoms with Gasteiger partial charge in [0.05, 0.1) is 11.1 Å². The summed E-state index contributed by atoms with van der Waals surface area (Å²) >= 11 is 0. The maximum absolute atomic E-state index is 12.5. The second-order valence-electron chi connectivity index (χ2n) is 8.97. The lowest BCUT2D eigenvalue weighted by Crippen LogP contribution is -2.36. The molecule has 180 valence electrons. The summed E-state index contributed by atoms with van der Waals surface area (Å²) in [5.74, 6) is -1.35. The van der Waals surface area contributed by atoms with Crippen LogP contribution >= 0.6 is 0 Å². The molecular weight excluding hydrogens is 428 g/mol. The quantitative estimate of drug-likeness (QED) is 0.380. The van der Waals surface area contributed by atoms with Gasteiger partial charge in [0, 0.05) is 37.7 Å². The third kappa shape index (κ3) is 7.30. The Labute approximate surface area is 193 Å². The van der Waals surface area contributed by atoms with Gasteiger partial charge in [0.25, 0.3) is 17.7 Å². The SMILES string of the molecule is CC(C)N1C(=O)c2ccc(C(=O)NCCCNC(=O)CCNC(=O)OC(C)(C)C)cc2C1=O. The fourth-order valence-electron chi connectivity index (χ4n) is 3.17. The number of hydrogen-bond acceptors (Lipinski definition) is 6. The van der Waals surface area contributed by atoms with Crippen molar-refractivity contribution in [1.82, 2.24) is 20.9 Å². The summed E-state index contributed by atoms with van der Waals surface area (Å²) in [5, 5.41) is 7.95. The molecule has 1 aromatic carbocycles. The molecule has 0 atom stereocenters. The molecule has 1 aliphatic rings. The fourth-order valence-corrected chi connectivity index (χ4v) is 3.17. The van der Waals surface area contributed by atoms with Crippen LogP contribution in [0.4, 0.5) is 4.79 Å². The average molecular weight is 461 g/mol. The topological polar surface area (TPSA) is 134 Å². The van der Waals surface area contributed by atoms with Gasteiger partial charge in [-0.3, -0.25) is 24.1 Å². The summed E-state index contributed by atoms with van der Waals surface area (Å²) in [6, 6.07) is 4.19. The zero-order valence-electron chi connectivity index (χ0n) is 19.7. The highest BCUT2D eigenvalue weighted by Gasteiger charge is 2.37. The van der Waals surface area contributed by atoms with Crippen molar-refractivity contribution in [2.75, 3.05) is 19.6 Å². The van der Waals surface area contributed by atoms with Crippen molar-refractivity contribution in [2.45, 2.75) is 59.1 Å². The summed E-state index contributed by atoms with van der Waals surface area (Å²) < 4.78 is 5.08. The van der Waals surface area contributed by atoms with Crippen molar-refractivity contribution in [3.8, 4) is 0 Å². The van der Waals surface area contributed by atoms with E-state index in [-0.39, 0.29) is 47.9 Å². The molecule has 3 N–H and O–H groups in total. The standard InChI is InChI=1S/C23H32N4O6/c1-14(2)27-20(30)16-8-7-15(13-17(16)21(27)31)19(29)25-11-6-10-24-18(28)9-12-26-22(32)33-23(3,4)5/h7-8,13-14H,6,9-12H2,1-5H3,(H,24,28)(H,25,29)(H,26,32). The number of imide groups is 1. The number of fused-ring (bicyclic) bond motifs is 1. The average Bonchev–Trinajstić information content (AvgIpc) is 2.96. The van der Waals surface area contributed by atoms with Crippen LogP contribution in [0.3, 0.4) is 0 Å². The van der Waals surface area contributed by atoms with E-state index >= 15 is 0 Å². The van der Waals surface area contributed by atoms with E-state index in [2.05, 4.69) is 16.0 Å². The van der Waals surface area contributed by atoms with E-state index in [0.29, 0.717) is 25.1 Å². The molecule has 0 unspecified atom stereocenters. The Hall–Kier alpha value is -3.43. The van der Waals surface area contributed by atoms with E-state index in [4.69, 9.17) is 4.74 Å². The van der Waals surface area contributed by atoms with Gasteiger partial charge in [-0.1, -0.05) is 0 Å². The Balaban J connectivity index is 1.69. The van der Waals surface area contributed by atoms with Crippen molar-refractivity contribution in [1.29, 1.82) is 0 Å². The summed E-state index contributed by atoms with van der Waals surface area (Å²) in [6.07, 6.45) is 0.0361. The lowest BCUT2D eigenvalue weighted by Gasteiger charge is -2.19. The third-order valence-electron chi connectivity index (χ3n) is 4.68. The van der Waals surface area contributed by atoms with Crippen LogP contribution in [-0.2, 0) is 9.53 Å². The van der Waals surface area contributed by atoms with E-state index in [1.807, 2.05) is 0 Å². The Morgan fingerprint density at radius 2 is 1.58 bits per heavy atom. The molecule has 1 aliphatic heterocycles. The molecule has 2 rings (SSSR count). The van der Waals surface area contributed by atoms with Gasteiger partial charge in [-0.15, -0.1) is 0 Å². The predicted octanol–water partition coefficient (Wildman–Crippen LogP) is 1.84. The van der Waals surface area contributed by atoms with Crippen LogP contribution in [0.5, 0.6) is 0 Å². The van der Waals surface area contributed by atoms with E-state index in [9.17, 15) is 24.0 Å². The van der Waals surface area contributed by atoms with Gasteiger partial charge in [-0.2, -0.15) is 0 Å². The van der Waals surface area contributed by atoms with Crippen molar-refractivity contribution in [2.24, 2.45) is 0 Å². The number of benzene rings is 1. The van der Waals surface area contributed by atoms with Gasteiger partial charge in [-0.25, -0.2) is 4.79 Å².